The van der Waals surface area contributed by atoms with Crippen LogP contribution in [0.15, 0.2) is 42.5 Å². The normalized spacial score (nSPS) is 16.6. The second-order valence-electron chi connectivity index (χ2n) is 7.48. The zero-order chi connectivity index (χ0) is 20.3. The molecule has 1 saturated heterocycles. The van der Waals surface area contributed by atoms with Crippen LogP contribution in [0.4, 0.5) is 11.4 Å². The summed E-state index contributed by atoms with van der Waals surface area (Å²) >= 11 is 5.90. The second-order valence-corrected chi connectivity index (χ2v) is 7.92. The van der Waals surface area contributed by atoms with Gasteiger partial charge in [-0.15, -0.1) is 0 Å². The molecule has 6 heteroatoms. The molecular formula is C22H26ClN3O2. The summed E-state index contributed by atoms with van der Waals surface area (Å²) in [5.74, 6) is -0.298. The van der Waals surface area contributed by atoms with Gasteiger partial charge in [-0.1, -0.05) is 11.6 Å². The monoisotopic (exact) mass is 399 g/mol. The van der Waals surface area contributed by atoms with Crippen LogP contribution in [-0.4, -0.2) is 43.9 Å². The average molecular weight is 400 g/mol. The maximum absolute atomic E-state index is 12.8. The standard InChI is InChI=1S/C22H26ClN3O2/c1-15-13-19(25(2)3)10-11-20(15)24-21(27)17-5-4-12-26(14-17)22(28)16-6-8-18(23)9-7-16/h6-11,13,17H,4-5,12,14H2,1-3H3,(H,24,27). The van der Waals surface area contributed by atoms with Crippen LogP contribution in [0, 0.1) is 12.8 Å². The van der Waals surface area contributed by atoms with Gasteiger partial charge in [0.05, 0.1) is 5.92 Å². The van der Waals surface area contributed by atoms with Gasteiger partial charge in [-0.2, -0.15) is 0 Å². The largest absolute Gasteiger partial charge is 0.378 e. The van der Waals surface area contributed by atoms with E-state index in [1.165, 1.54) is 0 Å². The number of carbonyl (C=O) groups excluding carboxylic acids is 2. The molecule has 1 atom stereocenters. The highest BCUT2D eigenvalue weighted by molar-refractivity contribution is 6.30. The molecule has 0 aliphatic carbocycles. The molecule has 2 aromatic rings. The molecule has 2 amide bonds. The first-order valence-corrected chi connectivity index (χ1v) is 9.86. The van der Waals surface area contributed by atoms with Crippen molar-refractivity contribution in [1.29, 1.82) is 0 Å². The molecular weight excluding hydrogens is 374 g/mol. The number of likely N-dealkylation sites (tertiary alicyclic amines) is 1. The number of halogens is 1. The molecule has 28 heavy (non-hydrogen) atoms. The summed E-state index contributed by atoms with van der Waals surface area (Å²) in [5.41, 5.74) is 3.52. The third-order valence-corrected chi connectivity index (χ3v) is 5.41. The van der Waals surface area contributed by atoms with Gasteiger partial charge in [0.2, 0.25) is 5.91 Å². The first kappa shape index (κ1) is 20.2. The second kappa shape index (κ2) is 8.65. The molecule has 148 valence electrons. The van der Waals surface area contributed by atoms with E-state index in [9.17, 15) is 9.59 Å². The first-order chi connectivity index (χ1) is 13.3. The molecule has 0 spiro atoms. The van der Waals surface area contributed by atoms with Gasteiger partial charge in [0.25, 0.3) is 5.91 Å². The number of amides is 2. The molecule has 3 rings (SSSR count). The summed E-state index contributed by atoms with van der Waals surface area (Å²) in [7, 11) is 3.97. The fourth-order valence-corrected chi connectivity index (χ4v) is 3.58. The van der Waals surface area contributed by atoms with E-state index in [-0.39, 0.29) is 17.7 Å². The summed E-state index contributed by atoms with van der Waals surface area (Å²) in [6.07, 6.45) is 1.60. The minimum atomic E-state index is -0.210. The summed E-state index contributed by atoms with van der Waals surface area (Å²) < 4.78 is 0. The molecule has 1 aliphatic heterocycles. The molecule has 0 aromatic heterocycles. The van der Waals surface area contributed by atoms with Crippen molar-refractivity contribution in [2.24, 2.45) is 5.92 Å². The minimum Gasteiger partial charge on any atom is -0.378 e. The van der Waals surface area contributed by atoms with Crippen LogP contribution in [-0.2, 0) is 4.79 Å². The van der Waals surface area contributed by atoms with Gasteiger partial charge < -0.3 is 15.1 Å². The van der Waals surface area contributed by atoms with Crippen molar-refractivity contribution in [2.45, 2.75) is 19.8 Å². The number of hydrogen-bond acceptors (Lipinski definition) is 3. The number of rotatable bonds is 4. The molecule has 5 nitrogen and oxygen atoms in total. The summed E-state index contributed by atoms with van der Waals surface area (Å²) in [4.78, 5) is 29.3. The number of piperidine rings is 1. The van der Waals surface area contributed by atoms with Crippen molar-refractivity contribution in [3.8, 4) is 0 Å². The van der Waals surface area contributed by atoms with Gasteiger partial charge in [-0.3, -0.25) is 9.59 Å². The van der Waals surface area contributed by atoms with Crippen molar-refractivity contribution in [1.82, 2.24) is 4.90 Å². The number of aryl methyl sites for hydroxylation is 1. The average Bonchev–Trinajstić information content (AvgIpc) is 2.69. The van der Waals surface area contributed by atoms with E-state index in [1.54, 1.807) is 29.2 Å². The maximum Gasteiger partial charge on any atom is 0.253 e. The van der Waals surface area contributed by atoms with Crippen LogP contribution < -0.4 is 10.2 Å². The smallest absolute Gasteiger partial charge is 0.253 e. The van der Waals surface area contributed by atoms with Gasteiger partial charge in [0, 0.05) is 49.1 Å². The lowest BCUT2D eigenvalue weighted by atomic mass is 9.96. The number of nitrogens with one attached hydrogen (secondary N) is 1. The molecule has 2 aromatic carbocycles. The fraction of sp³-hybridized carbons (Fsp3) is 0.364. The van der Waals surface area contributed by atoms with Crippen LogP contribution in [0.2, 0.25) is 5.02 Å². The molecule has 1 unspecified atom stereocenters. The quantitative estimate of drug-likeness (QED) is 0.838. The van der Waals surface area contributed by atoms with Crippen LogP contribution in [0.25, 0.3) is 0 Å². The molecule has 0 radical (unpaired) electrons. The number of carbonyl (C=O) groups is 2. The molecule has 1 aliphatic rings. The highest BCUT2D eigenvalue weighted by Crippen LogP contribution is 2.24. The number of anilines is 2. The molecule has 0 bridgehead atoms. The summed E-state index contributed by atoms with van der Waals surface area (Å²) in [5, 5.41) is 3.64. The Morgan fingerprint density at radius 3 is 2.50 bits per heavy atom. The van der Waals surface area contributed by atoms with Crippen LogP contribution in [0.3, 0.4) is 0 Å². The Balaban J connectivity index is 1.66. The van der Waals surface area contributed by atoms with Crippen LogP contribution in [0.5, 0.6) is 0 Å². The van der Waals surface area contributed by atoms with Crippen molar-refractivity contribution < 1.29 is 9.59 Å². The van der Waals surface area contributed by atoms with E-state index >= 15 is 0 Å². The van der Waals surface area contributed by atoms with Gasteiger partial charge in [0.15, 0.2) is 0 Å². The Morgan fingerprint density at radius 2 is 1.86 bits per heavy atom. The lowest BCUT2D eigenvalue weighted by Gasteiger charge is -2.32. The Hall–Kier alpha value is -2.53. The number of benzene rings is 2. The fourth-order valence-electron chi connectivity index (χ4n) is 3.45. The zero-order valence-electron chi connectivity index (χ0n) is 16.5. The maximum atomic E-state index is 12.8. The SMILES string of the molecule is Cc1cc(N(C)C)ccc1NC(=O)C1CCCN(C(=O)c2ccc(Cl)cc2)C1. The zero-order valence-corrected chi connectivity index (χ0v) is 17.3. The Morgan fingerprint density at radius 1 is 1.14 bits per heavy atom. The molecule has 1 fully saturated rings. The van der Waals surface area contributed by atoms with Crippen molar-refractivity contribution in [3.05, 3.63) is 58.6 Å². The van der Waals surface area contributed by atoms with Crippen molar-refractivity contribution >= 4 is 34.8 Å². The van der Waals surface area contributed by atoms with E-state index in [2.05, 4.69) is 5.32 Å². The first-order valence-electron chi connectivity index (χ1n) is 9.49. The summed E-state index contributed by atoms with van der Waals surface area (Å²) in [6, 6.07) is 12.8. The number of nitrogens with zero attached hydrogens (tertiary/aromatic N) is 2. The highest BCUT2D eigenvalue weighted by atomic mass is 35.5. The van der Waals surface area contributed by atoms with E-state index in [1.807, 2.05) is 44.1 Å². The lowest BCUT2D eigenvalue weighted by molar-refractivity contribution is -0.121. The lowest BCUT2D eigenvalue weighted by Crippen LogP contribution is -2.43. The molecule has 0 saturated carbocycles. The highest BCUT2D eigenvalue weighted by Gasteiger charge is 2.29. The summed E-state index contributed by atoms with van der Waals surface area (Å²) in [6.45, 7) is 3.09. The molecule has 1 N–H and O–H groups in total. The van der Waals surface area contributed by atoms with E-state index in [0.29, 0.717) is 23.7 Å². The number of hydrogen-bond donors (Lipinski definition) is 1. The Kier molecular flexibility index (Phi) is 6.25. The Labute approximate surface area is 171 Å². The van der Waals surface area contributed by atoms with Gasteiger partial charge in [-0.25, -0.2) is 0 Å². The van der Waals surface area contributed by atoms with Crippen LogP contribution >= 0.6 is 11.6 Å². The van der Waals surface area contributed by atoms with Crippen LogP contribution in [0.1, 0.15) is 28.8 Å². The predicted molar refractivity (Wildman–Crippen MR) is 114 cm³/mol. The third-order valence-electron chi connectivity index (χ3n) is 5.15. The van der Waals surface area contributed by atoms with Gasteiger partial charge in [0.1, 0.15) is 0 Å². The third kappa shape index (κ3) is 4.65. The molecule has 1 heterocycles. The van der Waals surface area contributed by atoms with E-state index in [0.717, 1.165) is 29.8 Å². The minimum absolute atomic E-state index is 0.0330. The Bertz CT molecular complexity index is 865. The van der Waals surface area contributed by atoms with Gasteiger partial charge in [-0.05, 0) is 67.8 Å². The topological polar surface area (TPSA) is 52.7 Å². The van der Waals surface area contributed by atoms with Crippen molar-refractivity contribution in [2.75, 3.05) is 37.4 Å². The van der Waals surface area contributed by atoms with E-state index in [4.69, 9.17) is 11.6 Å². The predicted octanol–water partition coefficient (Wildman–Crippen LogP) is 4.21. The van der Waals surface area contributed by atoms with Gasteiger partial charge >= 0.3 is 0 Å². The van der Waals surface area contributed by atoms with E-state index < -0.39 is 0 Å². The van der Waals surface area contributed by atoms with Crippen molar-refractivity contribution in [3.63, 3.8) is 0 Å².